The first-order chi connectivity index (χ1) is 19.6. The summed E-state index contributed by atoms with van der Waals surface area (Å²) in [6.07, 6.45) is 2.15. The van der Waals surface area contributed by atoms with Crippen LogP contribution in [0.1, 0.15) is 31.2 Å². The van der Waals surface area contributed by atoms with Crippen molar-refractivity contribution in [3.8, 4) is 17.2 Å². The van der Waals surface area contributed by atoms with Crippen molar-refractivity contribution in [1.29, 1.82) is 0 Å². The Morgan fingerprint density at radius 3 is 2.20 bits per heavy atom. The number of carbonyl (C=O) groups is 5. The molecule has 0 radical (unpaired) electrons. The number of allylic oxidation sites excluding steroid dienone is 2. The van der Waals surface area contributed by atoms with Gasteiger partial charge in [0.25, 0.3) is 0 Å². The number of hydrogen-bond donors (Lipinski definition) is 2. The van der Waals surface area contributed by atoms with Crippen molar-refractivity contribution in [2.24, 2.45) is 34.8 Å². The molecule has 212 valence electrons. The van der Waals surface area contributed by atoms with E-state index >= 15 is 0 Å². The van der Waals surface area contributed by atoms with E-state index in [1.54, 1.807) is 49.4 Å². The van der Waals surface area contributed by atoms with E-state index in [1.807, 2.05) is 6.08 Å². The van der Waals surface area contributed by atoms with E-state index in [1.165, 1.54) is 19.1 Å². The highest BCUT2D eigenvalue weighted by molar-refractivity contribution is 6.24. The minimum atomic E-state index is -1.29. The molecule has 2 aliphatic carbocycles. The second kappa shape index (κ2) is 9.18. The lowest BCUT2D eigenvalue weighted by atomic mass is 9.51. The first-order valence-corrected chi connectivity index (χ1v) is 13.3. The molecule has 2 aromatic carbocycles. The van der Waals surface area contributed by atoms with Gasteiger partial charge in [0.2, 0.25) is 29.4 Å². The number of benzene rings is 2. The lowest BCUT2D eigenvalue weighted by molar-refractivity contribution is -0.136. The van der Waals surface area contributed by atoms with Crippen molar-refractivity contribution in [2.75, 3.05) is 19.1 Å². The molecule has 41 heavy (non-hydrogen) atoms. The van der Waals surface area contributed by atoms with Gasteiger partial charge in [-0.05, 0) is 55.5 Å². The number of carbonyl (C=O) groups excluding carboxylic acids is 5. The van der Waals surface area contributed by atoms with Crippen LogP contribution in [0.2, 0.25) is 0 Å². The zero-order valence-corrected chi connectivity index (χ0v) is 22.7. The van der Waals surface area contributed by atoms with Crippen LogP contribution in [0, 0.1) is 29.1 Å². The molecular formula is C30H29N3O8. The molecule has 4 aliphatic rings. The topological polar surface area (TPSA) is 157 Å². The van der Waals surface area contributed by atoms with Gasteiger partial charge in [-0.1, -0.05) is 29.8 Å². The van der Waals surface area contributed by atoms with Crippen molar-refractivity contribution < 1.29 is 38.6 Å². The lowest BCUT2D eigenvalue weighted by Crippen LogP contribution is -2.49. The molecule has 11 heteroatoms. The number of likely N-dealkylation sites (tertiary alicyclic amines) is 1. The van der Waals surface area contributed by atoms with Crippen LogP contribution >= 0.6 is 0 Å². The molecule has 6 atom stereocenters. The van der Waals surface area contributed by atoms with E-state index in [0.29, 0.717) is 21.7 Å². The highest BCUT2D eigenvalue weighted by atomic mass is 16.5. The van der Waals surface area contributed by atoms with Gasteiger partial charge in [0.05, 0.1) is 43.1 Å². The molecule has 1 saturated carbocycles. The standard InChI is InChI=1S/C30H29N3O8/c1-30-19(26(36)32(28(30)38)15-7-5-4-6-8-15)13-18-16(9-10-17-22(18)27(37)33(25(17)35)29(31)39)23(30)14-11-20(40-2)24(34)21(12-14)41-3/h4-9,11-12,17-19,22-23,34H,10,13H2,1-3H3,(H2,31,39). The van der Waals surface area contributed by atoms with Crippen molar-refractivity contribution in [2.45, 2.75) is 25.7 Å². The van der Waals surface area contributed by atoms with E-state index in [9.17, 15) is 29.1 Å². The maximum Gasteiger partial charge on any atom is 0.328 e. The molecule has 0 bridgehead atoms. The predicted molar refractivity (Wildman–Crippen MR) is 144 cm³/mol. The number of nitrogens with zero attached hydrogens (tertiary/aromatic N) is 2. The maximum absolute atomic E-state index is 14.4. The molecule has 2 heterocycles. The van der Waals surface area contributed by atoms with E-state index in [0.717, 1.165) is 0 Å². The van der Waals surface area contributed by atoms with Crippen LogP contribution in [0.5, 0.6) is 17.2 Å². The second-order valence-electron chi connectivity index (χ2n) is 11.1. The molecule has 0 spiro atoms. The van der Waals surface area contributed by atoms with Gasteiger partial charge in [-0.25, -0.2) is 9.69 Å². The predicted octanol–water partition coefficient (Wildman–Crippen LogP) is 2.72. The number of methoxy groups -OCH3 is 2. The Balaban J connectivity index is 1.57. The number of rotatable bonds is 4. The van der Waals surface area contributed by atoms with Crippen LogP contribution in [-0.4, -0.2) is 53.9 Å². The minimum Gasteiger partial charge on any atom is -0.502 e. The molecule has 6 rings (SSSR count). The van der Waals surface area contributed by atoms with Gasteiger partial charge in [0, 0.05) is 5.92 Å². The number of amides is 6. The van der Waals surface area contributed by atoms with Gasteiger partial charge in [-0.3, -0.25) is 19.2 Å². The third-order valence-corrected chi connectivity index (χ3v) is 9.34. The first-order valence-electron chi connectivity index (χ1n) is 13.3. The summed E-state index contributed by atoms with van der Waals surface area (Å²) in [4.78, 5) is 68.7. The second-order valence-corrected chi connectivity index (χ2v) is 11.1. The fraction of sp³-hybridized carbons (Fsp3) is 0.367. The van der Waals surface area contributed by atoms with Crippen LogP contribution in [0.25, 0.3) is 0 Å². The number of urea groups is 1. The number of aromatic hydroxyl groups is 1. The summed E-state index contributed by atoms with van der Waals surface area (Å²) in [7, 11) is 2.78. The van der Waals surface area contributed by atoms with E-state index in [2.05, 4.69) is 0 Å². The Morgan fingerprint density at radius 1 is 0.976 bits per heavy atom. The fourth-order valence-electron chi connectivity index (χ4n) is 7.52. The number of anilines is 1. The van der Waals surface area contributed by atoms with Gasteiger partial charge in [0.1, 0.15) is 0 Å². The highest BCUT2D eigenvalue weighted by Crippen LogP contribution is 2.64. The number of nitrogens with two attached hydrogens (primary N) is 1. The third-order valence-electron chi connectivity index (χ3n) is 9.34. The Labute approximate surface area is 235 Å². The summed E-state index contributed by atoms with van der Waals surface area (Å²) in [6, 6.07) is 10.7. The van der Waals surface area contributed by atoms with E-state index in [-0.39, 0.29) is 30.1 Å². The highest BCUT2D eigenvalue weighted by Gasteiger charge is 2.68. The van der Waals surface area contributed by atoms with Crippen molar-refractivity contribution in [3.63, 3.8) is 0 Å². The van der Waals surface area contributed by atoms with Gasteiger partial charge in [-0.2, -0.15) is 4.90 Å². The maximum atomic E-state index is 14.4. The van der Waals surface area contributed by atoms with Crippen molar-refractivity contribution >= 4 is 35.3 Å². The number of imide groups is 4. The smallest absolute Gasteiger partial charge is 0.328 e. The van der Waals surface area contributed by atoms with Gasteiger partial charge < -0.3 is 20.3 Å². The van der Waals surface area contributed by atoms with Crippen molar-refractivity contribution in [3.05, 3.63) is 59.7 Å². The number of para-hydroxylation sites is 1. The van der Waals surface area contributed by atoms with Gasteiger partial charge >= 0.3 is 6.03 Å². The normalized spacial score (nSPS) is 30.5. The molecule has 3 N–H and O–H groups in total. The third kappa shape index (κ3) is 3.47. The summed E-state index contributed by atoms with van der Waals surface area (Å²) in [5.41, 5.74) is 5.79. The molecular weight excluding hydrogens is 530 g/mol. The molecule has 0 aromatic heterocycles. The van der Waals surface area contributed by atoms with Crippen molar-refractivity contribution in [1.82, 2.24) is 4.90 Å². The Morgan fingerprint density at radius 2 is 1.61 bits per heavy atom. The van der Waals surface area contributed by atoms with E-state index in [4.69, 9.17) is 15.2 Å². The minimum absolute atomic E-state index is 0.111. The molecule has 6 unspecified atom stereocenters. The molecule has 6 amide bonds. The van der Waals surface area contributed by atoms with Crippen LogP contribution in [-0.2, 0) is 19.2 Å². The number of primary amides is 1. The zero-order valence-electron chi connectivity index (χ0n) is 22.7. The van der Waals surface area contributed by atoms with Crippen LogP contribution in [0.3, 0.4) is 0 Å². The molecule has 3 fully saturated rings. The SMILES string of the molecule is COc1cc(C2C3=CCC4C(=O)N(C(N)=O)C(=O)C4C3CC3C(=O)N(c4ccccc4)C(=O)C32C)cc(OC)c1O. The first kappa shape index (κ1) is 26.5. The Bertz CT molecular complexity index is 1530. The number of ether oxygens (including phenoxy) is 2. The number of phenolic OH excluding ortho intramolecular Hbond substituents is 1. The molecule has 2 saturated heterocycles. The Kier molecular flexibility index (Phi) is 5.95. The summed E-state index contributed by atoms with van der Waals surface area (Å²) in [5.74, 6) is -6.06. The van der Waals surface area contributed by atoms with Gasteiger partial charge in [-0.15, -0.1) is 0 Å². The number of fused-ring (bicyclic) bond motifs is 4. The summed E-state index contributed by atoms with van der Waals surface area (Å²) < 4.78 is 10.8. The number of phenols is 1. The van der Waals surface area contributed by atoms with Crippen LogP contribution in [0.4, 0.5) is 10.5 Å². The largest absolute Gasteiger partial charge is 0.502 e. The Hall–Kier alpha value is -4.67. The quantitative estimate of drug-likeness (QED) is 0.428. The van der Waals surface area contributed by atoms with Gasteiger partial charge in [0.15, 0.2) is 11.5 Å². The summed E-state index contributed by atoms with van der Waals surface area (Å²) in [5, 5.41) is 10.6. The monoisotopic (exact) mass is 559 g/mol. The summed E-state index contributed by atoms with van der Waals surface area (Å²) >= 11 is 0. The van der Waals surface area contributed by atoms with Crippen LogP contribution < -0.4 is 20.1 Å². The lowest BCUT2D eigenvalue weighted by Gasteiger charge is -2.49. The van der Waals surface area contributed by atoms with Crippen LogP contribution in [0.15, 0.2) is 54.1 Å². The molecule has 2 aliphatic heterocycles. The average molecular weight is 560 g/mol. The zero-order chi connectivity index (χ0) is 29.4. The van der Waals surface area contributed by atoms with E-state index < -0.39 is 64.7 Å². The molecule has 2 aromatic rings. The fourth-order valence-corrected chi connectivity index (χ4v) is 7.52. The average Bonchev–Trinajstić information content (AvgIpc) is 3.33. The summed E-state index contributed by atoms with van der Waals surface area (Å²) in [6.45, 7) is 1.75. The number of hydrogen-bond acceptors (Lipinski definition) is 8. The molecule has 11 nitrogen and oxygen atoms in total.